The zero-order valence-corrected chi connectivity index (χ0v) is 10.4. The Morgan fingerprint density at radius 1 is 1.50 bits per heavy atom. The Hall–Kier alpha value is -2.28. The highest BCUT2D eigenvalue weighted by Crippen LogP contribution is 2.11. The monoisotopic (exact) mass is 244 g/mol. The Kier molecular flexibility index (Phi) is 5.46. The largest absolute Gasteiger partial charge is 0.484 e. The van der Waals surface area contributed by atoms with Gasteiger partial charge in [-0.2, -0.15) is 5.26 Å². The molecule has 0 aliphatic carbocycles. The predicted molar refractivity (Wildman–Crippen MR) is 69.1 cm³/mol. The first-order valence-electron chi connectivity index (χ1n) is 5.73. The lowest BCUT2D eigenvalue weighted by Crippen LogP contribution is -2.34. The van der Waals surface area contributed by atoms with Gasteiger partial charge in [-0.25, -0.2) is 0 Å². The first-order valence-corrected chi connectivity index (χ1v) is 5.73. The molecule has 18 heavy (non-hydrogen) atoms. The van der Waals surface area contributed by atoms with Crippen LogP contribution in [-0.2, 0) is 4.79 Å². The number of benzene rings is 1. The third-order valence-corrected chi connectivity index (χ3v) is 2.43. The van der Waals surface area contributed by atoms with Gasteiger partial charge in [0.2, 0.25) is 0 Å². The molecule has 1 rings (SSSR count). The number of nitrogens with zero attached hydrogens (tertiary/aromatic N) is 2. The van der Waals surface area contributed by atoms with Crippen molar-refractivity contribution in [3.05, 3.63) is 42.5 Å². The predicted octanol–water partition coefficient (Wildman–Crippen LogP) is 1.97. The number of likely N-dealkylation sites (N-methyl/N-ethyl adjacent to an activating group) is 1. The molecule has 94 valence electrons. The van der Waals surface area contributed by atoms with Crippen molar-refractivity contribution in [3.63, 3.8) is 0 Å². The van der Waals surface area contributed by atoms with Gasteiger partial charge in [-0.15, -0.1) is 6.58 Å². The van der Waals surface area contributed by atoms with E-state index in [1.165, 1.54) is 0 Å². The Balaban J connectivity index is 2.51. The minimum Gasteiger partial charge on any atom is -0.484 e. The summed E-state index contributed by atoms with van der Waals surface area (Å²) in [5.74, 6) is 0.499. The maximum Gasteiger partial charge on any atom is 0.260 e. The third-order valence-electron chi connectivity index (χ3n) is 2.43. The van der Waals surface area contributed by atoms with Gasteiger partial charge in [-0.1, -0.05) is 6.08 Å². The van der Waals surface area contributed by atoms with Crippen LogP contribution in [-0.4, -0.2) is 30.5 Å². The molecule has 0 saturated heterocycles. The molecular formula is C14H16N2O2. The van der Waals surface area contributed by atoms with E-state index in [-0.39, 0.29) is 12.5 Å². The van der Waals surface area contributed by atoms with Gasteiger partial charge in [0, 0.05) is 13.1 Å². The van der Waals surface area contributed by atoms with Crippen LogP contribution in [0.4, 0.5) is 0 Å². The van der Waals surface area contributed by atoms with Crippen LogP contribution in [0.3, 0.4) is 0 Å². The molecule has 0 fully saturated rings. The van der Waals surface area contributed by atoms with Crippen molar-refractivity contribution in [3.8, 4) is 11.8 Å². The van der Waals surface area contributed by atoms with Crippen molar-refractivity contribution in [1.29, 1.82) is 5.26 Å². The van der Waals surface area contributed by atoms with E-state index < -0.39 is 0 Å². The molecule has 0 radical (unpaired) electrons. The second-order valence-corrected chi connectivity index (χ2v) is 3.65. The van der Waals surface area contributed by atoms with Crippen LogP contribution < -0.4 is 4.74 Å². The number of ether oxygens (including phenoxy) is 1. The average molecular weight is 244 g/mol. The summed E-state index contributed by atoms with van der Waals surface area (Å²) in [5.41, 5.74) is 0.565. The molecule has 0 unspecified atom stereocenters. The summed E-state index contributed by atoms with van der Waals surface area (Å²) in [6, 6.07) is 8.68. The maximum atomic E-state index is 11.8. The molecule has 1 amide bonds. The van der Waals surface area contributed by atoms with Crippen molar-refractivity contribution in [2.24, 2.45) is 0 Å². The number of carbonyl (C=O) groups is 1. The highest BCUT2D eigenvalue weighted by Gasteiger charge is 2.10. The lowest BCUT2D eigenvalue weighted by atomic mass is 10.2. The Bertz CT molecular complexity index is 446. The SMILES string of the molecule is C=CCN(CC)C(=O)COc1ccc(C#N)cc1. The van der Waals surface area contributed by atoms with E-state index in [1.807, 2.05) is 13.0 Å². The molecule has 0 saturated carbocycles. The molecule has 1 aromatic carbocycles. The Morgan fingerprint density at radius 3 is 2.67 bits per heavy atom. The first-order chi connectivity index (χ1) is 8.71. The highest BCUT2D eigenvalue weighted by atomic mass is 16.5. The molecule has 4 heteroatoms. The van der Waals surface area contributed by atoms with E-state index in [9.17, 15) is 4.79 Å². The number of carbonyl (C=O) groups excluding carboxylic acids is 1. The number of rotatable bonds is 6. The fourth-order valence-electron chi connectivity index (χ4n) is 1.43. The van der Waals surface area contributed by atoms with E-state index in [1.54, 1.807) is 35.2 Å². The Morgan fingerprint density at radius 2 is 2.17 bits per heavy atom. The smallest absolute Gasteiger partial charge is 0.260 e. The summed E-state index contributed by atoms with van der Waals surface area (Å²) in [5, 5.41) is 8.65. The number of amides is 1. The normalized spacial score (nSPS) is 9.33. The molecule has 0 aromatic heterocycles. The standard InChI is InChI=1S/C14H16N2O2/c1-3-9-16(4-2)14(17)11-18-13-7-5-12(10-15)6-8-13/h3,5-8H,1,4,9,11H2,2H3. The zero-order valence-electron chi connectivity index (χ0n) is 10.4. The maximum absolute atomic E-state index is 11.8. The van der Waals surface area contributed by atoms with Gasteiger partial charge in [0.05, 0.1) is 11.6 Å². The summed E-state index contributed by atoms with van der Waals surface area (Å²) >= 11 is 0. The molecule has 1 aromatic rings. The van der Waals surface area contributed by atoms with Crippen LogP contribution in [0.1, 0.15) is 12.5 Å². The van der Waals surface area contributed by atoms with E-state index in [0.717, 1.165) is 0 Å². The van der Waals surface area contributed by atoms with E-state index in [0.29, 0.717) is 24.4 Å². The first kappa shape index (κ1) is 13.8. The molecule has 0 aliphatic rings. The van der Waals surface area contributed by atoms with E-state index in [4.69, 9.17) is 10.00 Å². The third kappa shape index (κ3) is 3.95. The van der Waals surface area contributed by atoms with Gasteiger partial charge < -0.3 is 9.64 Å². The fraction of sp³-hybridized carbons (Fsp3) is 0.286. The van der Waals surface area contributed by atoms with Gasteiger partial charge in [0.15, 0.2) is 6.61 Å². The van der Waals surface area contributed by atoms with Crippen molar-refractivity contribution < 1.29 is 9.53 Å². The van der Waals surface area contributed by atoms with Crippen molar-refractivity contribution in [2.75, 3.05) is 19.7 Å². The molecule has 4 nitrogen and oxygen atoms in total. The summed E-state index contributed by atoms with van der Waals surface area (Å²) < 4.78 is 5.36. The lowest BCUT2D eigenvalue weighted by molar-refractivity contribution is -0.132. The zero-order chi connectivity index (χ0) is 13.4. The minimum absolute atomic E-state index is 0.00637. The van der Waals surface area contributed by atoms with Crippen molar-refractivity contribution in [2.45, 2.75) is 6.92 Å². The Labute approximate surface area is 107 Å². The van der Waals surface area contributed by atoms with Gasteiger partial charge in [0.1, 0.15) is 5.75 Å². The number of hydrogen-bond donors (Lipinski definition) is 0. The van der Waals surface area contributed by atoms with Crippen LogP contribution in [0, 0.1) is 11.3 Å². The minimum atomic E-state index is -0.0817. The van der Waals surface area contributed by atoms with Gasteiger partial charge in [-0.05, 0) is 31.2 Å². The molecule has 0 aliphatic heterocycles. The lowest BCUT2D eigenvalue weighted by Gasteiger charge is -2.18. The summed E-state index contributed by atoms with van der Waals surface area (Å²) in [4.78, 5) is 13.4. The van der Waals surface area contributed by atoms with E-state index in [2.05, 4.69) is 6.58 Å². The van der Waals surface area contributed by atoms with Crippen LogP contribution in [0.5, 0.6) is 5.75 Å². The average Bonchev–Trinajstić information content (AvgIpc) is 2.42. The summed E-state index contributed by atoms with van der Waals surface area (Å²) in [6.45, 7) is 6.65. The fourth-order valence-corrected chi connectivity index (χ4v) is 1.43. The topological polar surface area (TPSA) is 53.3 Å². The van der Waals surface area contributed by atoms with Crippen LogP contribution in [0.15, 0.2) is 36.9 Å². The molecule has 0 bridgehead atoms. The number of hydrogen-bond acceptors (Lipinski definition) is 3. The van der Waals surface area contributed by atoms with Gasteiger partial charge >= 0.3 is 0 Å². The highest BCUT2D eigenvalue weighted by molar-refractivity contribution is 5.77. The van der Waals surface area contributed by atoms with Crippen molar-refractivity contribution >= 4 is 5.91 Å². The number of nitriles is 1. The van der Waals surface area contributed by atoms with Crippen LogP contribution >= 0.6 is 0 Å². The van der Waals surface area contributed by atoms with Crippen molar-refractivity contribution in [1.82, 2.24) is 4.90 Å². The summed E-state index contributed by atoms with van der Waals surface area (Å²) in [7, 11) is 0. The molecule has 0 atom stereocenters. The van der Waals surface area contributed by atoms with Crippen LogP contribution in [0.25, 0.3) is 0 Å². The molecule has 0 N–H and O–H groups in total. The molecule has 0 spiro atoms. The quantitative estimate of drug-likeness (QED) is 0.719. The molecular weight excluding hydrogens is 228 g/mol. The van der Waals surface area contributed by atoms with Crippen LogP contribution in [0.2, 0.25) is 0 Å². The second kappa shape index (κ2) is 7.13. The molecule has 0 heterocycles. The van der Waals surface area contributed by atoms with E-state index >= 15 is 0 Å². The second-order valence-electron chi connectivity index (χ2n) is 3.65. The van der Waals surface area contributed by atoms with Gasteiger partial charge in [-0.3, -0.25) is 4.79 Å². The van der Waals surface area contributed by atoms with Gasteiger partial charge in [0.25, 0.3) is 5.91 Å². The summed E-state index contributed by atoms with van der Waals surface area (Å²) in [6.07, 6.45) is 1.68.